The molecule has 1 saturated heterocycles. The van der Waals surface area contributed by atoms with E-state index in [0.717, 1.165) is 60.4 Å². The summed E-state index contributed by atoms with van der Waals surface area (Å²) in [5, 5.41) is 16.2. The van der Waals surface area contributed by atoms with Gasteiger partial charge >= 0.3 is 0 Å². The molecule has 3 aromatic rings. The predicted molar refractivity (Wildman–Crippen MR) is 141 cm³/mol. The maximum atomic E-state index is 13.2. The van der Waals surface area contributed by atoms with Gasteiger partial charge in [0.15, 0.2) is 0 Å². The Balaban J connectivity index is 1.38. The fraction of sp³-hybridized carbons (Fsp3) is 0.379. The highest BCUT2D eigenvalue weighted by molar-refractivity contribution is 6.04. The second-order valence-electron chi connectivity index (χ2n) is 9.88. The predicted octanol–water partition coefficient (Wildman–Crippen LogP) is 5.10. The Bertz CT molecular complexity index is 1250. The molecule has 6 nitrogen and oxygen atoms in total. The number of likely N-dealkylation sites (tertiary alicyclic amines) is 1. The van der Waals surface area contributed by atoms with Gasteiger partial charge in [-0.3, -0.25) is 14.7 Å². The minimum atomic E-state index is -0.235. The molecule has 0 unspecified atom stereocenters. The Kier molecular flexibility index (Phi) is 6.58. The summed E-state index contributed by atoms with van der Waals surface area (Å²) in [6, 6.07) is 14.2. The van der Waals surface area contributed by atoms with E-state index >= 15 is 0 Å². The third-order valence-corrected chi connectivity index (χ3v) is 7.39. The summed E-state index contributed by atoms with van der Waals surface area (Å²) in [4.78, 5) is 20.1. The standard InChI is InChI=1S/C29H34N4O2/c1-18-23(6-4-8-26(18)30-3)24-7-5-9-27(19(24)2)32-29(35)28-14-25(20-10-11-20)21(15-31-28)16-33-13-12-22(34)17-33/h4-9,14-15,20,22,30,34H,10-13,16-17H2,1-3H3,(H,32,35)/t22-/m0/s1. The van der Waals surface area contributed by atoms with Crippen LogP contribution in [0.3, 0.4) is 0 Å². The third-order valence-electron chi connectivity index (χ3n) is 7.39. The fourth-order valence-electron chi connectivity index (χ4n) is 5.17. The molecular weight excluding hydrogens is 436 g/mol. The third kappa shape index (κ3) is 4.95. The molecule has 1 saturated carbocycles. The molecule has 1 aliphatic heterocycles. The van der Waals surface area contributed by atoms with Crippen LogP contribution in [0.1, 0.15) is 57.9 Å². The topological polar surface area (TPSA) is 77.5 Å². The van der Waals surface area contributed by atoms with Crippen LogP contribution in [0.5, 0.6) is 0 Å². The number of aliphatic hydroxyl groups excluding tert-OH is 1. The number of aromatic nitrogens is 1. The second kappa shape index (κ2) is 9.80. The Hall–Kier alpha value is -3.22. The number of carbonyl (C=O) groups is 1. The van der Waals surface area contributed by atoms with Gasteiger partial charge in [0.2, 0.25) is 0 Å². The van der Waals surface area contributed by atoms with Gasteiger partial charge in [0.25, 0.3) is 5.91 Å². The van der Waals surface area contributed by atoms with Gasteiger partial charge in [-0.1, -0.05) is 24.3 Å². The van der Waals surface area contributed by atoms with Gasteiger partial charge in [-0.2, -0.15) is 0 Å². The van der Waals surface area contributed by atoms with Crippen molar-refractivity contribution in [3.63, 3.8) is 0 Å². The summed E-state index contributed by atoms with van der Waals surface area (Å²) in [5.74, 6) is 0.329. The van der Waals surface area contributed by atoms with E-state index < -0.39 is 0 Å². The van der Waals surface area contributed by atoms with Crippen LogP contribution in [0.2, 0.25) is 0 Å². The van der Waals surface area contributed by atoms with Crippen LogP contribution in [-0.2, 0) is 6.54 Å². The summed E-state index contributed by atoms with van der Waals surface area (Å²) in [6.45, 7) is 6.55. The van der Waals surface area contributed by atoms with Crippen molar-refractivity contribution in [2.45, 2.75) is 51.7 Å². The highest BCUT2D eigenvalue weighted by atomic mass is 16.3. The first kappa shape index (κ1) is 23.5. The fourth-order valence-corrected chi connectivity index (χ4v) is 5.17. The normalized spacial score (nSPS) is 18.0. The Morgan fingerprint density at radius 1 is 1.06 bits per heavy atom. The van der Waals surface area contributed by atoms with Gasteiger partial charge in [-0.05, 0) is 90.6 Å². The van der Waals surface area contributed by atoms with E-state index in [1.54, 1.807) is 0 Å². The summed E-state index contributed by atoms with van der Waals surface area (Å²) in [6.07, 6.45) is 4.77. The van der Waals surface area contributed by atoms with Crippen molar-refractivity contribution >= 4 is 17.3 Å². The average molecular weight is 471 g/mol. The maximum absolute atomic E-state index is 13.2. The lowest BCUT2D eigenvalue weighted by atomic mass is 9.94. The van der Waals surface area contributed by atoms with Crippen molar-refractivity contribution in [2.75, 3.05) is 30.8 Å². The largest absolute Gasteiger partial charge is 0.392 e. The number of aliphatic hydroxyl groups is 1. The molecule has 5 rings (SSSR count). The first-order valence-electron chi connectivity index (χ1n) is 12.5. The molecule has 2 aromatic carbocycles. The molecule has 6 heteroatoms. The van der Waals surface area contributed by atoms with Crippen molar-refractivity contribution < 1.29 is 9.90 Å². The minimum absolute atomic E-state index is 0.184. The number of amides is 1. The molecule has 1 aliphatic carbocycles. The van der Waals surface area contributed by atoms with Crippen molar-refractivity contribution in [1.82, 2.24) is 9.88 Å². The lowest BCUT2D eigenvalue weighted by Gasteiger charge is -2.18. The van der Waals surface area contributed by atoms with Gasteiger partial charge in [-0.25, -0.2) is 0 Å². The first-order valence-corrected chi connectivity index (χ1v) is 12.5. The zero-order valence-electron chi connectivity index (χ0n) is 20.8. The molecule has 0 bridgehead atoms. The lowest BCUT2D eigenvalue weighted by Crippen LogP contribution is -2.23. The summed E-state index contributed by atoms with van der Waals surface area (Å²) in [5.41, 5.74) is 9.22. The average Bonchev–Trinajstić information content (AvgIpc) is 3.62. The second-order valence-corrected chi connectivity index (χ2v) is 9.88. The summed E-state index contributed by atoms with van der Waals surface area (Å²) in [7, 11) is 1.93. The zero-order chi connectivity index (χ0) is 24.5. The molecule has 3 N–H and O–H groups in total. The van der Waals surface area contributed by atoms with Gasteiger partial charge in [-0.15, -0.1) is 0 Å². The van der Waals surface area contributed by atoms with Crippen molar-refractivity contribution in [2.24, 2.45) is 0 Å². The smallest absolute Gasteiger partial charge is 0.274 e. The SMILES string of the molecule is CNc1cccc(-c2cccc(NC(=O)c3cc(C4CC4)c(CN4CC[C@H](O)C4)cn3)c2C)c1C. The number of benzene rings is 2. The van der Waals surface area contributed by atoms with Crippen molar-refractivity contribution in [3.8, 4) is 11.1 Å². The van der Waals surface area contributed by atoms with Crippen LogP contribution >= 0.6 is 0 Å². The number of hydrogen-bond acceptors (Lipinski definition) is 5. The number of nitrogens with one attached hydrogen (secondary N) is 2. The van der Waals surface area contributed by atoms with Crippen molar-refractivity contribution in [3.05, 3.63) is 76.6 Å². The highest BCUT2D eigenvalue weighted by Crippen LogP contribution is 2.42. The molecule has 1 aromatic heterocycles. The van der Waals surface area contributed by atoms with E-state index in [4.69, 9.17) is 0 Å². The zero-order valence-corrected chi connectivity index (χ0v) is 20.8. The molecular formula is C29H34N4O2. The minimum Gasteiger partial charge on any atom is -0.392 e. The van der Waals surface area contributed by atoms with E-state index in [1.807, 2.05) is 44.4 Å². The van der Waals surface area contributed by atoms with Crippen LogP contribution in [0.25, 0.3) is 11.1 Å². The number of nitrogens with zero attached hydrogens (tertiary/aromatic N) is 2. The Morgan fingerprint density at radius 2 is 1.74 bits per heavy atom. The molecule has 2 fully saturated rings. The molecule has 35 heavy (non-hydrogen) atoms. The van der Waals surface area contributed by atoms with Gasteiger partial charge in [0, 0.05) is 44.3 Å². The quantitative estimate of drug-likeness (QED) is 0.448. The van der Waals surface area contributed by atoms with Crippen LogP contribution in [0, 0.1) is 13.8 Å². The van der Waals surface area contributed by atoms with E-state index in [0.29, 0.717) is 18.2 Å². The van der Waals surface area contributed by atoms with Crippen LogP contribution in [0.4, 0.5) is 11.4 Å². The molecule has 0 spiro atoms. The first-order chi connectivity index (χ1) is 16.9. The van der Waals surface area contributed by atoms with Gasteiger partial charge in [0.1, 0.15) is 5.69 Å². The molecule has 2 aliphatic rings. The number of β-amino-alcohol motifs (C(OH)–C–C–N with tert-alkyl or cyclic N) is 1. The summed E-state index contributed by atoms with van der Waals surface area (Å²) >= 11 is 0. The molecule has 1 atom stereocenters. The monoisotopic (exact) mass is 470 g/mol. The Morgan fingerprint density at radius 3 is 2.37 bits per heavy atom. The van der Waals surface area contributed by atoms with E-state index in [2.05, 4.69) is 45.6 Å². The Labute approximate surface area is 207 Å². The van der Waals surface area contributed by atoms with Crippen molar-refractivity contribution in [1.29, 1.82) is 0 Å². The van der Waals surface area contributed by atoms with Gasteiger partial charge < -0.3 is 15.7 Å². The van der Waals surface area contributed by atoms with E-state index in [9.17, 15) is 9.90 Å². The molecule has 1 amide bonds. The number of rotatable bonds is 7. The van der Waals surface area contributed by atoms with Crippen LogP contribution < -0.4 is 10.6 Å². The van der Waals surface area contributed by atoms with E-state index in [-0.39, 0.29) is 12.0 Å². The number of anilines is 2. The summed E-state index contributed by atoms with van der Waals surface area (Å²) < 4.78 is 0. The molecule has 0 radical (unpaired) electrons. The van der Waals surface area contributed by atoms with E-state index in [1.165, 1.54) is 16.7 Å². The number of carbonyl (C=O) groups excluding carboxylic acids is 1. The molecule has 2 heterocycles. The highest BCUT2D eigenvalue weighted by Gasteiger charge is 2.29. The van der Waals surface area contributed by atoms with Crippen LogP contribution in [0.15, 0.2) is 48.7 Å². The lowest BCUT2D eigenvalue weighted by molar-refractivity contribution is 0.102. The maximum Gasteiger partial charge on any atom is 0.274 e. The molecule has 182 valence electrons. The van der Waals surface area contributed by atoms with Gasteiger partial charge in [0.05, 0.1) is 6.10 Å². The van der Waals surface area contributed by atoms with Crippen LogP contribution in [-0.4, -0.2) is 47.1 Å². The number of hydrogen-bond donors (Lipinski definition) is 3. The number of pyridine rings is 1.